The first-order chi connectivity index (χ1) is 8.57. The smallest absolute Gasteiger partial charge is 0.309 e. The summed E-state index contributed by atoms with van der Waals surface area (Å²) in [7, 11) is 0. The summed E-state index contributed by atoms with van der Waals surface area (Å²) in [5.74, 6) is -0.877. The Labute approximate surface area is 114 Å². The van der Waals surface area contributed by atoms with Gasteiger partial charge in [0.1, 0.15) is 17.8 Å². The van der Waals surface area contributed by atoms with E-state index in [0.29, 0.717) is 0 Å². The highest BCUT2D eigenvalue weighted by atomic mass is 16.8. The minimum absolute atomic E-state index is 0.0702. The summed E-state index contributed by atoms with van der Waals surface area (Å²) in [6.07, 6.45) is -0.474. The van der Waals surface area contributed by atoms with Gasteiger partial charge in [0.2, 0.25) is 0 Å². The summed E-state index contributed by atoms with van der Waals surface area (Å²) in [4.78, 5) is 11.9. The maximum Gasteiger partial charge on any atom is 0.309 e. The van der Waals surface area contributed by atoms with Gasteiger partial charge in [-0.25, -0.2) is 0 Å². The number of esters is 1. The van der Waals surface area contributed by atoms with Gasteiger partial charge in [-0.3, -0.25) is 4.79 Å². The number of ether oxygens (including phenoxy) is 4. The topological polar surface area (TPSA) is 54.0 Å². The monoisotopic (exact) mass is 272 g/mol. The van der Waals surface area contributed by atoms with E-state index in [2.05, 4.69) is 0 Å². The van der Waals surface area contributed by atoms with Crippen LogP contribution in [0.25, 0.3) is 0 Å². The number of fused-ring (bicyclic) bond motifs is 1. The highest BCUT2D eigenvalue weighted by Crippen LogP contribution is 2.39. The van der Waals surface area contributed by atoms with E-state index in [4.69, 9.17) is 18.9 Å². The number of hydrogen-bond donors (Lipinski definition) is 0. The molecule has 2 saturated heterocycles. The van der Waals surface area contributed by atoms with Crippen molar-refractivity contribution in [3.8, 4) is 0 Å². The van der Waals surface area contributed by atoms with E-state index in [1.807, 2.05) is 41.5 Å². The predicted molar refractivity (Wildman–Crippen MR) is 68.6 cm³/mol. The van der Waals surface area contributed by atoms with E-state index in [1.54, 1.807) is 0 Å². The normalized spacial score (nSPS) is 37.2. The Kier molecular flexibility index (Phi) is 3.66. The molecule has 0 aromatic heterocycles. The van der Waals surface area contributed by atoms with E-state index < -0.39 is 11.4 Å². The number of carbonyl (C=O) groups excluding carboxylic acids is 1. The van der Waals surface area contributed by atoms with Crippen LogP contribution in [0.4, 0.5) is 0 Å². The van der Waals surface area contributed by atoms with Gasteiger partial charge in [-0.15, -0.1) is 0 Å². The molecular formula is C14H24O5. The molecule has 2 heterocycles. The quantitative estimate of drug-likeness (QED) is 0.720. The van der Waals surface area contributed by atoms with E-state index >= 15 is 0 Å². The first-order valence-corrected chi connectivity index (χ1v) is 6.80. The van der Waals surface area contributed by atoms with Gasteiger partial charge in [0.15, 0.2) is 5.79 Å². The molecule has 4 atom stereocenters. The molecular weight excluding hydrogens is 248 g/mol. The molecule has 2 fully saturated rings. The van der Waals surface area contributed by atoms with Gasteiger partial charge in [0.25, 0.3) is 0 Å². The van der Waals surface area contributed by atoms with E-state index in [0.717, 1.165) is 0 Å². The average Bonchev–Trinajstić information content (AvgIpc) is 2.61. The van der Waals surface area contributed by atoms with Crippen LogP contribution in [0.1, 0.15) is 48.0 Å². The Morgan fingerprint density at radius 2 is 1.79 bits per heavy atom. The first kappa shape index (κ1) is 14.8. The van der Waals surface area contributed by atoms with Gasteiger partial charge in [0.05, 0.1) is 18.6 Å². The van der Waals surface area contributed by atoms with Gasteiger partial charge < -0.3 is 18.9 Å². The summed E-state index contributed by atoms with van der Waals surface area (Å²) in [5, 5.41) is 0. The minimum Gasteiger partial charge on any atom is -0.460 e. The Morgan fingerprint density at radius 1 is 1.21 bits per heavy atom. The van der Waals surface area contributed by atoms with Crippen molar-refractivity contribution in [2.45, 2.75) is 83.8 Å². The third-order valence-corrected chi connectivity index (χ3v) is 3.17. The van der Waals surface area contributed by atoms with Crippen molar-refractivity contribution < 1.29 is 23.7 Å². The first-order valence-electron chi connectivity index (χ1n) is 6.80. The predicted octanol–water partition coefficient (Wildman–Crippen LogP) is 2.03. The lowest BCUT2D eigenvalue weighted by Gasteiger charge is -2.24. The molecule has 0 aromatic rings. The van der Waals surface area contributed by atoms with Crippen LogP contribution >= 0.6 is 0 Å². The van der Waals surface area contributed by atoms with E-state index in [1.165, 1.54) is 0 Å². The molecule has 0 radical (unpaired) electrons. The fourth-order valence-electron chi connectivity index (χ4n) is 2.61. The molecule has 5 heteroatoms. The Balaban J connectivity index is 1.97. The largest absolute Gasteiger partial charge is 0.460 e. The second-order valence-corrected chi connectivity index (χ2v) is 6.73. The lowest BCUT2D eigenvalue weighted by molar-refractivity contribution is -0.189. The van der Waals surface area contributed by atoms with Gasteiger partial charge in [0, 0.05) is 0 Å². The molecule has 2 aliphatic heterocycles. The van der Waals surface area contributed by atoms with Crippen LogP contribution in [-0.4, -0.2) is 41.8 Å². The molecule has 0 saturated carbocycles. The highest BCUT2D eigenvalue weighted by Gasteiger charge is 2.54. The van der Waals surface area contributed by atoms with Crippen molar-refractivity contribution in [1.82, 2.24) is 0 Å². The Hall–Kier alpha value is -0.650. The molecule has 0 unspecified atom stereocenters. The van der Waals surface area contributed by atoms with Crippen LogP contribution in [0.15, 0.2) is 0 Å². The van der Waals surface area contributed by atoms with Crippen LogP contribution in [0, 0.1) is 0 Å². The maximum absolute atomic E-state index is 11.9. The average molecular weight is 272 g/mol. The third kappa shape index (κ3) is 3.46. The van der Waals surface area contributed by atoms with Gasteiger partial charge in [-0.1, -0.05) is 0 Å². The number of rotatable bonds is 2. The van der Waals surface area contributed by atoms with E-state index in [-0.39, 0.29) is 36.8 Å². The minimum atomic E-state index is -0.612. The Bertz CT molecular complexity index is 357. The second kappa shape index (κ2) is 4.72. The van der Waals surface area contributed by atoms with Crippen LogP contribution in [0.2, 0.25) is 0 Å². The molecule has 0 amide bonds. The summed E-state index contributed by atoms with van der Waals surface area (Å²) in [5.41, 5.74) is -0.479. The van der Waals surface area contributed by atoms with Crippen molar-refractivity contribution >= 4 is 5.97 Å². The molecule has 5 nitrogen and oxygen atoms in total. The summed E-state index contributed by atoms with van der Waals surface area (Å²) in [6.45, 7) is 11.3. The van der Waals surface area contributed by atoms with Gasteiger partial charge in [-0.05, 0) is 41.5 Å². The van der Waals surface area contributed by atoms with Crippen molar-refractivity contribution in [3.63, 3.8) is 0 Å². The lowest BCUT2D eigenvalue weighted by atomic mass is 10.1. The maximum atomic E-state index is 11.9. The molecule has 0 spiro atoms. The van der Waals surface area contributed by atoms with Crippen LogP contribution in [0.5, 0.6) is 0 Å². The SMILES string of the molecule is C[C@H]1O[C@@H](CC(=O)OC(C)(C)C)[C@@H]2OC(C)(C)O[C@@H]21. The molecule has 2 rings (SSSR count). The lowest BCUT2D eigenvalue weighted by Crippen LogP contribution is -2.33. The Morgan fingerprint density at radius 3 is 2.37 bits per heavy atom. The molecule has 0 N–H and O–H groups in total. The van der Waals surface area contributed by atoms with Crippen molar-refractivity contribution in [2.75, 3.05) is 0 Å². The summed E-state index contributed by atoms with van der Waals surface area (Å²) in [6, 6.07) is 0. The number of carbonyl (C=O) groups is 1. The van der Waals surface area contributed by atoms with Crippen molar-refractivity contribution in [3.05, 3.63) is 0 Å². The third-order valence-electron chi connectivity index (χ3n) is 3.17. The van der Waals surface area contributed by atoms with Crippen LogP contribution in [0.3, 0.4) is 0 Å². The molecule has 0 bridgehead atoms. The summed E-state index contributed by atoms with van der Waals surface area (Å²) < 4.78 is 22.7. The van der Waals surface area contributed by atoms with Gasteiger partial charge in [-0.2, -0.15) is 0 Å². The summed E-state index contributed by atoms with van der Waals surface area (Å²) >= 11 is 0. The molecule has 110 valence electrons. The number of hydrogen-bond acceptors (Lipinski definition) is 5. The van der Waals surface area contributed by atoms with E-state index in [9.17, 15) is 4.79 Å². The molecule has 0 aromatic carbocycles. The van der Waals surface area contributed by atoms with Crippen LogP contribution < -0.4 is 0 Å². The zero-order valence-electron chi connectivity index (χ0n) is 12.6. The van der Waals surface area contributed by atoms with Gasteiger partial charge >= 0.3 is 5.97 Å². The molecule has 19 heavy (non-hydrogen) atoms. The standard InChI is InChI=1S/C14H24O5/c1-8-11-12(19-14(5,6)18-11)9(16-8)7-10(15)17-13(2,3)4/h8-9,11-12H,7H2,1-6H3/t8-,9+,11-,12+/m1/s1. The fraction of sp³-hybridized carbons (Fsp3) is 0.929. The van der Waals surface area contributed by atoms with Crippen LogP contribution in [-0.2, 0) is 23.7 Å². The van der Waals surface area contributed by atoms with Crippen molar-refractivity contribution in [2.24, 2.45) is 0 Å². The highest BCUT2D eigenvalue weighted by molar-refractivity contribution is 5.70. The zero-order chi connectivity index (χ0) is 14.4. The fourth-order valence-corrected chi connectivity index (χ4v) is 2.61. The van der Waals surface area contributed by atoms with Crippen molar-refractivity contribution in [1.29, 1.82) is 0 Å². The molecule has 2 aliphatic rings. The second-order valence-electron chi connectivity index (χ2n) is 6.73. The molecule has 0 aliphatic carbocycles. The zero-order valence-corrected chi connectivity index (χ0v) is 12.6.